The summed E-state index contributed by atoms with van der Waals surface area (Å²) >= 11 is 0. The van der Waals surface area contributed by atoms with E-state index in [2.05, 4.69) is 20.8 Å². The van der Waals surface area contributed by atoms with Gasteiger partial charge in [0.15, 0.2) is 0 Å². The van der Waals surface area contributed by atoms with Gasteiger partial charge in [-0.1, -0.05) is 19.9 Å². The van der Waals surface area contributed by atoms with Crippen molar-refractivity contribution in [2.45, 2.75) is 33.1 Å². The van der Waals surface area contributed by atoms with E-state index in [4.69, 9.17) is 11.1 Å². The second-order valence-corrected chi connectivity index (χ2v) is 6.62. The third-order valence-electron chi connectivity index (χ3n) is 4.53. The standard InChI is InChI=1S/C16H17N5O.C4H7NO.C2H6/c17-14-5-4-11(16-19-6-7-20-21-16)9-13(14)15(18)10-2-1-3-12(22)8-10;6-4-2-1-3-5-4;1-2/h1,3-5,7-10,18,22H,2,6,17H2,(H,19,21);1-3H2,(H,5,6);1-2H3. The van der Waals surface area contributed by atoms with Crippen LogP contribution in [0.15, 0.2) is 52.3 Å². The highest BCUT2D eigenvalue weighted by atomic mass is 16.3. The summed E-state index contributed by atoms with van der Waals surface area (Å²) in [6.07, 6.45) is 9.30. The van der Waals surface area contributed by atoms with E-state index in [1.807, 2.05) is 32.1 Å². The molecule has 1 aromatic rings. The molecule has 1 atom stereocenters. The van der Waals surface area contributed by atoms with Gasteiger partial charge in [0, 0.05) is 47.6 Å². The van der Waals surface area contributed by atoms with Crippen LogP contribution in [0.1, 0.15) is 44.2 Å². The number of carbonyl (C=O) groups is 1. The predicted octanol–water partition coefficient (Wildman–Crippen LogP) is 2.91. The van der Waals surface area contributed by atoms with Gasteiger partial charge < -0.3 is 21.6 Å². The molecule has 30 heavy (non-hydrogen) atoms. The monoisotopic (exact) mass is 410 g/mol. The number of nitrogens with zero attached hydrogens (tertiary/aromatic N) is 2. The fourth-order valence-electron chi connectivity index (χ4n) is 3.04. The van der Waals surface area contributed by atoms with Crippen LogP contribution >= 0.6 is 0 Å². The number of hydrogen-bond acceptors (Lipinski definition) is 7. The molecule has 160 valence electrons. The van der Waals surface area contributed by atoms with Gasteiger partial charge in [0.05, 0.1) is 6.54 Å². The Morgan fingerprint density at radius 3 is 2.70 bits per heavy atom. The highest BCUT2D eigenvalue weighted by molar-refractivity contribution is 6.08. The molecule has 0 spiro atoms. The Morgan fingerprint density at radius 2 is 2.13 bits per heavy atom. The Kier molecular flexibility index (Phi) is 8.80. The maximum absolute atomic E-state index is 10.1. The Labute approximate surface area is 177 Å². The summed E-state index contributed by atoms with van der Waals surface area (Å²) in [5.41, 5.74) is 11.3. The summed E-state index contributed by atoms with van der Waals surface area (Å²) in [4.78, 5) is 14.5. The van der Waals surface area contributed by atoms with Gasteiger partial charge in [0.1, 0.15) is 11.6 Å². The van der Waals surface area contributed by atoms with Gasteiger partial charge >= 0.3 is 0 Å². The largest absolute Gasteiger partial charge is 0.508 e. The zero-order valence-electron chi connectivity index (χ0n) is 17.5. The first-order chi connectivity index (χ1) is 14.5. The van der Waals surface area contributed by atoms with Gasteiger partial charge in [-0.2, -0.15) is 5.10 Å². The molecule has 1 aromatic carbocycles. The average molecular weight is 411 g/mol. The molecule has 1 fully saturated rings. The van der Waals surface area contributed by atoms with E-state index in [0.717, 1.165) is 24.9 Å². The number of nitrogens with one attached hydrogen (secondary N) is 3. The number of amides is 1. The molecule has 8 nitrogen and oxygen atoms in total. The maximum Gasteiger partial charge on any atom is 0.220 e. The van der Waals surface area contributed by atoms with Crippen molar-refractivity contribution in [1.82, 2.24) is 10.7 Å². The Hall–Kier alpha value is -3.42. The number of nitrogens with two attached hydrogens (primary N) is 1. The summed E-state index contributed by atoms with van der Waals surface area (Å²) < 4.78 is 0. The highest BCUT2D eigenvalue weighted by Crippen LogP contribution is 2.24. The number of rotatable bonds is 3. The van der Waals surface area contributed by atoms with E-state index < -0.39 is 0 Å². The first kappa shape index (κ1) is 22.9. The fraction of sp³-hybridized carbons (Fsp3) is 0.364. The molecule has 0 saturated carbocycles. The van der Waals surface area contributed by atoms with E-state index in [0.29, 0.717) is 35.8 Å². The molecule has 2 aliphatic heterocycles. The van der Waals surface area contributed by atoms with E-state index in [9.17, 15) is 9.90 Å². The molecule has 6 N–H and O–H groups in total. The molecule has 0 bridgehead atoms. The number of hydrazone groups is 1. The average Bonchev–Trinajstić information content (AvgIpc) is 3.27. The lowest BCUT2D eigenvalue weighted by Crippen LogP contribution is -2.24. The molecule has 3 aliphatic rings. The molecule has 0 aromatic heterocycles. The predicted molar refractivity (Wildman–Crippen MR) is 122 cm³/mol. The molecule has 2 heterocycles. The van der Waals surface area contributed by atoms with Crippen molar-refractivity contribution in [3.63, 3.8) is 0 Å². The van der Waals surface area contributed by atoms with Crippen LogP contribution in [0, 0.1) is 11.3 Å². The number of nitrogen functional groups attached to an aromatic ring is 1. The molecule has 1 unspecified atom stereocenters. The molecule has 0 radical (unpaired) electrons. The van der Waals surface area contributed by atoms with Crippen molar-refractivity contribution >= 4 is 29.4 Å². The summed E-state index contributed by atoms with van der Waals surface area (Å²) in [5, 5.41) is 24.7. The van der Waals surface area contributed by atoms with Crippen molar-refractivity contribution in [1.29, 1.82) is 5.41 Å². The summed E-state index contributed by atoms with van der Waals surface area (Å²) in [6, 6.07) is 5.46. The number of hydrogen-bond donors (Lipinski definition) is 5. The molecule has 1 amide bonds. The number of aliphatic hydroxyl groups excluding tert-OH is 1. The molecule has 1 saturated heterocycles. The van der Waals surface area contributed by atoms with Crippen LogP contribution in [0.5, 0.6) is 0 Å². The first-order valence-electron chi connectivity index (χ1n) is 10.2. The Morgan fingerprint density at radius 1 is 1.33 bits per heavy atom. The smallest absolute Gasteiger partial charge is 0.220 e. The minimum atomic E-state index is -0.179. The fourth-order valence-corrected chi connectivity index (χ4v) is 3.04. The lowest BCUT2D eigenvalue weighted by molar-refractivity contribution is -0.119. The van der Waals surface area contributed by atoms with Gasteiger partial charge in [-0.25, -0.2) is 0 Å². The van der Waals surface area contributed by atoms with E-state index in [-0.39, 0.29) is 17.6 Å². The van der Waals surface area contributed by atoms with Crippen molar-refractivity contribution < 1.29 is 9.90 Å². The number of amidine groups is 1. The second-order valence-electron chi connectivity index (χ2n) is 6.62. The van der Waals surface area contributed by atoms with Crippen LogP contribution in [0.3, 0.4) is 0 Å². The van der Waals surface area contributed by atoms with Crippen LogP contribution in [-0.4, -0.2) is 41.9 Å². The van der Waals surface area contributed by atoms with E-state index >= 15 is 0 Å². The topological polar surface area (TPSA) is 136 Å². The molecule has 1 aliphatic carbocycles. The molecular formula is C22H30N6O2. The quantitative estimate of drug-likeness (QED) is 0.386. The summed E-state index contributed by atoms with van der Waals surface area (Å²) in [7, 11) is 0. The third-order valence-corrected chi connectivity index (χ3v) is 4.53. The lowest BCUT2D eigenvalue weighted by Gasteiger charge is -2.18. The number of aliphatic hydroxyl groups is 1. The maximum atomic E-state index is 10.1. The minimum absolute atomic E-state index is 0.179. The molecular weight excluding hydrogens is 380 g/mol. The van der Waals surface area contributed by atoms with Crippen LogP contribution in [-0.2, 0) is 4.79 Å². The summed E-state index contributed by atoms with van der Waals surface area (Å²) in [6.45, 7) is 5.42. The van der Waals surface area contributed by atoms with Crippen LogP contribution in [0.2, 0.25) is 0 Å². The zero-order chi connectivity index (χ0) is 21.9. The van der Waals surface area contributed by atoms with Gasteiger partial charge in [0.25, 0.3) is 0 Å². The number of carbonyl (C=O) groups excluding carboxylic acids is 1. The number of benzene rings is 1. The number of anilines is 1. The van der Waals surface area contributed by atoms with E-state index in [1.165, 1.54) is 0 Å². The SMILES string of the molecule is CC.N=C(c1cc(C2=NCC=NN2)ccc1N)C1C=C(O)C=CC1.O=C1CCCN1. The Balaban J connectivity index is 0.000000340. The van der Waals surface area contributed by atoms with Gasteiger partial charge in [-0.3, -0.25) is 15.2 Å². The van der Waals surface area contributed by atoms with Crippen LogP contribution in [0.25, 0.3) is 0 Å². The number of aliphatic imine (C=N–C) groups is 1. The summed E-state index contributed by atoms with van der Waals surface area (Å²) in [5.74, 6) is 0.874. The Bertz CT molecular complexity index is 878. The van der Waals surface area contributed by atoms with Crippen LogP contribution < -0.4 is 16.5 Å². The van der Waals surface area contributed by atoms with Crippen molar-refractivity contribution in [3.05, 3.63) is 53.3 Å². The van der Waals surface area contributed by atoms with E-state index in [1.54, 1.807) is 24.4 Å². The zero-order valence-corrected chi connectivity index (χ0v) is 17.5. The normalized spacial score (nSPS) is 19.1. The number of allylic oxidation sites excluding steroid dienone is 3. The second kappa shape index (κ2) is 11.5. The van der Waals surface area contributed by atoms with Crippen molar-refractivity contribution in [2.24, 2.45) is 16.0 Å². The van der Waals surface area contributed by atoms with Crippen molar-refractivity contribution in [3.8, 4) is 0 Å². The van der Waals surface area contributed by atoms with Crippen molar-refractivity contribution in [2.75, 3.05) is 18.8 Å². The van der Waals surface area contributed by atoms with Gasteiger partial charge in [-0.05, 0) is 43.2 Å². The first-order valence-corrected chi connectivity index (χ1v) is 10.2. The lowest BCUT2D eigenvalue weighted by atomic mass is 9.89. The van der Waals surface area contributed by atoms with Gasteiger partial charge in [0.2, 0.25) is 5.91 Å². The molecule has 4 rings (SSSR count). The molecule has 8 heteroatoms. The highest BCUT2D eigenvalue weighted by Gasteiger charge is 2.19. The van der Waals surface area contributed by atoms with Crippen LogP contribution in [0.4, 0.5) is 5.69 Å². The third kappa shape index (κ3) is 6.30. The minimum Gasteiger partial charge on any atom is -0.508 e. The van der Waals surface area contributed by atoms with Gasteiger partial charge in [-0.15, -0.1) is 0 Å².